The van der Waals surface area contributed by atoms with E-state index in [1.165, 1.54) is 0 Å². The molecule has 0 heterocycles. The van der Waals surface area contributed by atoms with E-state index in [2.05, 4.69) is 0 Å². The van der Waals surface area contributed by atoms with E-state index >= 15 is 0 Å². The zero-order valence-corrected chi connectivity index (χ0v) is 13.5. The molecule has 1 nitrogen and oxygen atoms in total. The molecule has 0 saturated heterocycles. The van der Waals surface area contributed by atoms with Crippen molar-refractivity contribution in [2.75, 3.05) is 0 Å². The van der Waals surface area contributed by atoms with Gasteiger partial charge in [0.25, 0.3) is 6.69 Å². The van der Waals surface area contributed by atoms with Gasteiger partial charge >= 0.3 is 0 Å². The lowest BCUT2D eigenvalue weighted by atomic mass is 10.1. The summed E-state index contributed by atoms with van der Waals surface area (Å²) in [6.45, 7) is -0.511. The van der Waals surface area contributed by atoms with E-state index in [0.717, 1.165) is 10.8 Å². The monoisotopic (exact) mass is 320 g/mol. The van der Waals surface area contributed by atoms with Crippen LogP contribution in [-0.2, 0) is 0 Å². The lowest BCUT2D eigenvalue weighted by Crippen LogP contribution is -2.32. The summed E-state index contributed by atoms with van der Waals surface area (Å²) in [6.07, 6.45) is 3.38. The third kappa shape index (κ3) is 4.07. The third-order valence-electron chi connectivity index (χ3n) is 2.90. The van der Waals surface area contributed by atoms with E-state index in [0.29, 0.717) is 5.56 Å². The first kappa shape index (κ1) is 15.0. The standard InChI is InChI=1S/C16H14Cl2OSi/c1-20(17,18)15-10-8-14(9-11-15)16(19)12-7-13-5-3-2-4-6-13/h2-12H,1H3. The Hall–Kier alpha value is -1.35. The number of ketones is 1. The molecule has 102 valence electrons. The summed E-state index contributed by atoms with van der Waals surface area (Å²) in [5.41, 5.74) is 1.63. The Morgan fingerprint density at radius 1 is 1.00 bits per heavy atom. The molecule has 4 heteroatoms. The SMILES string of the molecule is C[Si](Cl)(Cl)c1ccc(C(=O)C=Cc2ccccc2)cc1. The van der Waals surface area contributed by atoms with E-state index in [1.807, 2.05) is 49.0 Å². The van der Waals surface area contributed by atoms with E-state index in [1.54, 1.807) is 24.3 Å². The van der Waals surface area contributed by atoms with Crippen molar-refractivity contribution in [1.82, 2.24) is 0 Å². The van der Waals surface area contributed by atoms with Gasteiger partial charge in [0.2, 0.25) is 0 Å². The number of carbonyl (C=O) groups excluding carboxylic acids is 1. The van der Waals surface area contributed by atoms with Crippen molar-refractivity contribution in [3.63, 3.8) is 0 Å². The fourth-order valence-electron chi connectivity index (χ4n) is 1.76. The highest BCUT2D eigenvalue weighted by Gasteiger charge is 2.23. The molecule has 0 amide bonds. The average Bonchev–Trinajstić information content (AvgIpc) is 2.45. The topological polar surface area (TPSA) is 17.1 Å². The van der Waals surface area contributed by atoms with Crippen LogP contribution < -0.4 is 5.19 Å². The number of rotatable bonds is 4. The van der Waals surface area contributed by atoms with Gasteiger partial charge in [-0.25, -0.2) is 0 Å². The smallest absolute Gasteiger partial charge is 0.277 e. The quantitative estimate of drug-likeness (QED) is 0.354. The molecule has 2 rings (SSSR count). The van der Waals surface area contributed by atoms with Gasteiger partial charge in [-0.3, -0.25) is 4.79 Å². The molecular weight excluding hydrogens is 307 g/mol. The highest BCUT2D eigenvalue weighted by Crippen LogP contribution is 2.14. The molecule has 0 unspecified atom stereocenters. The van der Waals surface area contributed by atoms with Crippen molar-refractivity contribution in [2.24, 2.45) is 0 Å². The van der Waals surface area contributed by atoms with Crippen molar-refractivity contribution >= 4 is 45.9 Å². The normalized spacial score (nSPS) is 11.8. The van der Waals surface area contributed by atoms with Gasteiger partial charge in [0, 0.05) is 5.56 Å². The number of carbonyl (C=O) groups is 1. The number of hydrogen-bond acceptors (Lipinski definition) is 1. The van der Waals surface area contributed by atoms with E-state index in [4.69, 9.17) is 22.2 Å². The maximum absolute atomic E-state index is 12.0. The van der Waals surface area contributed by atoms with Crippen LogP contribution >= 0.6 is 22.2 Å². The molecule has 0 fully saturated rings. The van der Waals surface area contributed by atoms with E-state index in [-0.39, 0.29) is 5.78 Å². The molecule has 0 radical (unpaired) electrons. The molecule has 0 N–H and O–H groups in total. The molecule has 20 heavy (non-hydrogen) atoms. The first-order chi connectivity index (χ1) is 9.47. The first-order valence-corrected chi connectivity index (χ1v) is 10.7. The molecule has 2 aromatic carbocycles. The van der Waals surface area contributed by atoms with Crippen LogP contribution in [0.15, 0.2) is 60.7 Å². The first-order valence-electron chi connectivity index (χ1n) is 6.22. The molecule has 0 atom stereocenters. The van der Waals surface area contributed by atoms with Crippen LogP contribution in [0.4, 0.5) is 0 Å². The predicted octanol–water partition coefficient (Wildman–Crippen LogP) is 4.34. The van der Waals surface area contributed by atoms with Crippen LogP contribution in [0.2, 0.25) is 6.55 Å². The fraction of sp³-hybridized carbons (Fsp3) is 0.0625. The second-order valence-corrected chi connectivity index (χ2v) is 12.0. The van der Waals surface area contributed by atoms with Crippen LogP contribution in [0.25, 0.3) is 6.08 Å². The number of benzene rings is 2. The van der Waals surface area contributed by atoms with Crippen LogP contribution in [0.3, 0.4) is 0 Å². The second-order valence-electron chi connectivity index (χ2n) is 4.57. The predicted molar refractivity (Wildman–Crippen MR) is 89.2 cm³/mol. The summed E-state index contributed by atoms with van der Waals surface area (Å²) >= 11 is 12.3. The zero-order valence-electron chi connectivity index (χ0n) is 11.0. The Balaban J connectivity index is 2.12. The molecule has 0 saturated carbocycles. The maximum atomic E-state index is 12.0. The highest BCUT2D eigenvalue weighted by atomic mass is 35.7. The summed E-state index contributed by atoms with van der Waals surface area (Å²) in [4.78, 5) is 12.0. The van der Waals surface area contributed by atoms with Gasteiger partial charge < -0.3 is 0 Å². The van der Waals surface area contributed by atoms with E-state index in [9.17, 15) is 4.79 Å². The minimum Gasteiger partial charge on any atom is -0.289 e. The summed E-state index contributed by atoms with van der Waals surface area (Å²) in [5, 5.41) is 0.907. The van der Waals surface area contributed by atoms with Crippen LogP contribution in [-0.4, -0.2) is 12.5 Å². The third-order valence-corrected chi connectivity index (χ3v) is 5.56. The summed E-state index contributed by atoms with van der Waals surface area (Å²) in [7, 11) is 0. The maximum Gasteiger partial charge on any atom is 0.277 e. The molecule has 0 spiro atoms. The van der Waals surface area contributed by atoms with Crippen LogP contribution in [0.1, 0.15) is 15.9 Å². The van der Waals surface area contributed by atoms with Crippen LogP contribution in [0.5, 0.6) is 0 Å². The number of allylic oxidation sites excluding steroid dienone is 1. The highest BCUT2D eigenvalue weighted by molar-refractivity contribution is 7.50. The second kappa shape index (κ2) is 6.40. The minimum absolute atomic E-state index is 0.0343. The molecule has 2 aromatic rings. The Labute approximate surface area is 129 Å². The van der Waals surface area contributed by atoms with Gasteiger partial charge in [0.05, 0.1) is 0 Å². The molecule has 0 bridgehead atoms. The van der Waals surface area contributed by atoms with Crippen molar-refractivity contribution in [3.8, 4) is 0 Å². The number of halogens is 2. The van der Waals surface area contributed by atoms with Gasteiger partial charge in [0.1, 0.15) is 0 Å². The summed E-state index contributed by atoms with van der Waals surface area (Å²) in [6, 6.07) is 16.9. The molecule has 0 aliphatic carbocycles. The Morgan fingerprint density at radius 3 is 2.15 bits per heavy atom. The Morgan fingerprint density at radius 2 is 1.60 bits per heavy atom. The van der Waals surface area contributed by atoms with E-state index < -0.39 is 6.69 Å². The molecule has 0 aliphatic rings. The average molecular weight is 321 g/mol. The molecular formula is C16H14Cl2OSi. The number of hydrogen-bond donors (Lipinski definition) is 0. The van der Waals surface area contributed by atoms with Crippen molar-refractivity contribution in [2.45, 2.75) is 6.55 Å². The van der Waals surface area contributed by atoms with Gasteiger partial charge in [-0.2, -0.15) is 0 Å². The van der Waals surface area contributed by atoms with Gasteiger partial charge in [-0.1, -0.05) is 60.7 Å². The van der Waals surface area contributed by atoms with Gasteiger partial charge in [0.15, 0.2) is 5.78 Å². The summed E-state index contributed by atoms with van der Waals surface area (Å²) < 4.78 is 0. The fourth-order valence-corrected chi connectivity index (χ4v) is 3.27. The Bertz CT molecular complexity index is 613. The largest absolute Gasteiger partial charge is 0.289 e. The van der Waals surface area contributed by atoms with Crippen molar-refractivity contribution in [1.29, 1.82) is 0 Å². The molecule has 0 aliphatic heterocycles. The van der Waals surface area contributed by atoms with Crippen molar-refractivity contribution in [3.05, 3.63) is 71.8 Å². The van der Waals surface area contributed by atoms with Crippen LogP contribution in [0, 0.1) is 0 Å². The molecule has 0 aromatic heterocycles. The lowest BCUT2D eigenvalue weighted by molar-refractivity contribution is 0.104. The zero-order chi connectivity index (χ0) is 14.6. The Kier molecular flexibility index (Phi) is 4.81. The minimum atomic E-state index is -2.35. The lowest BCUT2D eigenvalue weighted by Gasteiger charge is -2.10. The van der Waals surface area contributed by atoms with Crippen molar-refractivity contribution < 1.29 is 4.79 Å². The van der Waals surface area contributed by atoms with Gasteiger partial charge in [-0.05, 0) is 23.4 Å². The van der Waals surface area contributed by atoms with Gasteiger partial charge in [-0.15, -0.1) is 22.2 Å². The summed E-state index contributed by atoms with van der Waals surface area (Å²) in [5.74, 6) is -0.0343.